The van der Waals surface area contributed by atoms with Gasteiger partial charge in [-0.3, -0.25) is 34.1 Å². The molecule has 0 radical (unpaired) electrons. The Morgan fingerprint density at radius 2 is 1.54 bits per heavy atom. The SMILES string of the molecule is CO[C@H]1/C=C/O[C@@]2(C)Oc3c(C)c(O)c4c(O)c(c5c(c4c3C2=O)=NC2(CCN(CC(C)C)CC2)N=5)NC(=O)/C(C)=C\C=C\[C@H](C)[C@H](O)[C@@H](C)[C@@H](O)[C@@H](C)[C@H](OC(=O)CC(=O)Nc2ccc(CN3CCC(C)CC3)cc2)[C@@H]1C. The highest BCUT2D eigenvalue weighted by Crippen LogP contribution is 2.50. The van der Waals surface area contributed by atoms with E-state index in [0.29, 0.717) is 37.5 Å². The largest absolute Gasteiger partial charge is 0.507 e. The number of anilines is 2. The predicted octanol–water partition coefficient (Wildman–Crippen LogP) is 6.99. The number of hydrogen-bond donors (Lipinski definition) is 6. The molecular weight excluding hydrogens is 997 g/mol. The highest BCUT2D eigenvalue weighted by molar-refractivity contribution is 6.19. The van der Waals surface area contributed by atoms with Gasteiger partial charge in [-0.05, 0) is 75.4 Å². The molecule has 6 aliphatic heterocycles. The number of likely N-dealkylation sites (tertiary alicyclic amines) is 2. The average molecular weight is 1080 g/mol. The van der Waals surface area contributed by atoms with Gasteiger partial charge in [0.1, 0.15) is 35.1 Å². The van der Waals surface area contributed by atoms with E-state index < -0.39 is 101 Å². The van der Waals surface area contributed by atoms with E-state index in [1.807, 2.05) is 12.1 Å². The summed E-state index contributed by atoms with van der Waals surface area (Å²) in [6, 6.07) is 7.54. The van der Waals surface area contributed by atoms with Crippen molar-refractivity contribution in [3.63, 3.8) is 0 Å². The second-order valence-electron chi connectivity index (χ2n) is 23.2. The van der Waals surface area contributed by atoms with Gasteiger partial charge in [-0.1, -0.05) is 78.8 Å². The van der Waals surface area contributed by atoms with Gasteiger partial charge in [-0.15, -0.1) is 0 Å². The van der Waals surface area contributed by atoms with Crippen LogP contribution in [0.1, 0.15) is 116 Å². The van der Waals surface area contributed by atoms with Crippen molar-refractivity contribution in [1.29, 1.82) is 0 Å². The quantitative estimate of drug-likeness (QED) is 0.0720. The van der Waals surface area contributed by atoms with Gasteiger partial charge in [0, 0.05) is 98.9 Å². The summed E-state index contributed by atoms with van der Waals surface area (Å²) in [6.07, 6.45) is 5.97. The van der Waals surface area contributed by atoms with Gasteiger partial charge >= 0.3 is 11.8 Å². The Kier molecular flexibility index (Phi) is 17.6. The number of Topliss-reactive ketones (excluding diaryl/α,β-unsaturated/α-hetero) is 1. The number of allylic oxidation sites excluding steroid dienone is 2. The van der Waals surface area contributed by atoms with Crippen molar-refractivity contribution in [2.75, 3.05) is 50.5 Å². The number of aliphatic hydroxyl groups excluding tert-OH is 2. The summed E-state index contributed by atoms with van der Waals surface area (Å²) in [5, 5.41) is 53.9. The molecule has 3 aromatic carbocycles. The number of nitrogens with zero attached hydrogens (tertiary/aromatic N) is 4. The first-order chi connectivity index (χ1) is 36.9. The van der Waals surface area contributed by atoms with Crippen molar-refractivity contribution in [1.82, 2.24) is 9.80 Å². The molecule has 0 aliphatic carbocycles. The van der Waals surface area contributed by atoms with Gasteiger partial charge < -0.3 is 54.9 Å². The van der Waals surface area contributed by atoms with Crippen LogP contribution in [0, 0.1) is 42.4 Å². The number of benzene rings is 3. The Morgan fingerprint density at radius 1 is 0.872 bits per heavy atom. The van der Waals surface area contributed by atoms with E-state index >= 15 is 0 Å². The summed E-state index contributed by atoms with van der Waals surface area (Å²) in [5.41, 5.74) is 0.927. The number of carbonyl (C=O) groups excluding carboxylic acids is 4. The minimum absolute atomic E-state index is 0.00467. The van der Waals surface area contributed by atoms with Gasteiger partial charge in [0.15, 0.2) is 11.4 Å². The Labute approximate surface area is 457 Å². The molecule has 9 rings (SSSR count). The summed E-state index contributed by atoms with van der Waals surface area (Å²) >= 11 is 0. The third-order valence-corrected chi connectivity index (χ3v) is 16.7. The fraction of sp³-hybridized carbons (Fsp3) is 0.567. The molecule has 78 heavy (non-hydrogen) atoms. The number of hydrogen-bond acceptors (Lipinski definition) is 16. The van der Waals surface area contributed by atoms with Crippen LogP contribution in [-0.4, -0.2) is 129 Å². The highest BCUT2D eigenvalue weighted by atomic mass is 16.7. The second-order valence-corrected chi connectivity index (χ2v) is 23.2. The van der Waals surface area contributed by atoms with Gasteiger partial charge in [0.05, 0.1) is 40.9 Å². The number of nitrogens with one attached hydrogen (secondary N) is 2. The van der Waals surface area contributed by atoms with Crippen LogP contribution in [0.25, 0.3) is 10.8 Å². The number of methoxy groups -OCH3 is 1. The number of piperidine rings is 2. The first-order valence-electron chi connectivity index (χ1n) is 27.6. The molecule has 2 saturated heterocycles. The normalized spacial score (nSPS) is 29.7. The molecule has 2 amide bonds. The molecule has 0 unspecified atom stereocenters. The van der Waals surface area contributed by atoms with Crippen LogP contribution in [-0.2, 0) is 35.1 Å². The standard InChI is InChI=1S/C60H80N6O12/c1-32(2)30-66-26-22-60(23-27-66)63-48-45-46-53(71)39(9)56-47(45)57(73)59(10,78-56)76-28-21-42(75-11)36(6)55(77-44(68)29-43(67)61-41-17-15-40(16-18-41)31-65-24-19-33(3)20-25-65)38(8)52(70)37(7)51(69)34(4)13-12-14-35(5)58(74)62-50(54(46)72)49(48)64-60/h12-18,21,28,32-34,36-38,42,51-52,55,69-72H,19-20,22-27,29-31H2,1-11H3,(H,61,67)(H,62,74)/b13-12+,28-21+,35-14-/t34-,36+,37+,38+,42-,51-,52+,55+,59-/m0/s1. The Balaban J connectivity index is 1.12. The van der Waals surface area contributed by atoms with Crippen molar-refractivity contribution in [2.24, 2.45) is 45.5 Å². The fourth-order valence-corrected chi connectivity index (χ4v) is 11.7. The van der Waals surface area contributed by atoms with E-state index in [9.17, 15) is 39.6 Å². The maximum Gasteiger partial charge on any atom is 0.315 e. The third-order valence-electron chi connectivity index (χ3n) is 16.7. The minimum atomic E-state index is -2.03. The smallest absolute Gasteiger partial charge is 0.315 e. The summed E-state index contributed by atoms with van der Waals surface area (Å²) in [6.45, 7) is 23.2. The molecule has 5 bridgehead atoms. The number of aliphatic hydroxyl groups is 2. The molecule has 18 heteroatoms. The van der Waals surface area contributed by atoms with Gasteiger partial charge in [-0.25, -0.2) is 0 Å². The lowest BCUT2D eigenvalue weighted by Gasteiger charge is -2.38. The minimum Gasteiger partial charge on any atom is -0.507 e. The molecule has 6 aliphatic rings. The lowest BCUT2D eigenvalue weighted by atomic mass is 9.78. The van der Waals surface area contributed by atoms with Crippen molar-refractivity contribution < 1.29 is 58.6 Å². The van der Waals surface area contributed by atoms with Crippen LogP contribution < -0.4 is 26.1 Å². The van der Waals surface area contributed by atoms with E-state index in [0.717, 1.165) is 37.7 Å². The topological polar surface area (TPSA) is 241 Å². The molecule has 2 fully saturated rings. The van der Waals surface area contributed by atoms with E-state index in [2.05, 4.69) is 41.2 Å². The van der Waals surface area contributed by atoms with Gasteiger partial charge in [-0.2, -0.15) is 0 Å². The summed E-state index contributed by atoms with van der Waals surface area (Å²) in [5.74, 6) is -7.38. The lowest BCUT2D eigenvalue weighted by Crippen LogP contribution is -2.47. The Morgan fingerprint density at radius 3 is 2.19 bits per heavy atom. The zero-order valence-electron chi connectivity index (χ0n) is 47.1. The molecule has 18 nitrogen and oxygen atoms in total. The number of aromatic hydroxyl groups is 2. The molecule has 9 atom stereocenters. The summed E-state index contributed by atoms with van der Waals surface area (Å²) in [7, 11) is 1.44. The first-order valence-corrected chi connectivity index (χ1v) is 27.6. The molecule has 3 aromatic rings. The monoisotopic (exact) mass is 1080 g/mol. The van der Waals surface area contributed by atoms with E-state index in [1.165, 1.54) is 39.2 Å². The number of rotatable bonds is 9. The zero-order chi connectivity index (χ0) is 56.5. The second kappa shape index (κ2) is 23.7. The number of carbonyl (C=O) groups is 4. The maximum atomic E-state index is 15.0. The van der Waals surface area contributed by atoms with Crippen molar-refractivity contribution in [3.8, 4) is 17.2 Å². The average Bonchev–Trinajstić information content (AvgIpc) is 3.96. The highest BCUT2D eigenvalue weighted by Gasteiger charge is 2.50. The maximum absolute atomic E-state index is 15.0. The van der Waals surface area contributed by atoms with Crippen LogP contribution in [0.2, 0.25) is 0 Å². The van der Waals surface area contributed by atoms with Crippen LogP contribution in [0.3, 0.4) is 0 Å². The Bertz CT molecular complexity index is 2990. The zero-order valence-corrected chi connectivity index (χ0v) is 47.1. The molecule has 422 valence electrons. The van der Waals surface area contributed by atoms with E-state index in [4.69, 9.17) is 28.9 Å². The number of fused-ring (bicyclic) bond motifs is 13. The Hall–Kier alpha value is -6.18. The number of phenols is 2. The molecular formula is C60H80N6O12. The van der Waals surface area contributed by atoms with Crippen LogP contribution in [0.5, 0.6) is 17.2 Å². The van der Waals surface area contributed by atoms with Gasteiger partial charge in [0.2, 0.25) is 5.91 Å². The van der Waals surface area contributed by atoms with E-state index in [-0.39, 0.29) is 49.6 Å². The van der Waals surface area contributed by atoms with Gasteiger partial charge in [0.25, 0.3) is 11.7 Å². The predicted molar refractivity (Wildman–Crippen MR) is 295 cm³/mol. The fourth-order valence-electron chi connectivity index (χ4n) is 11.7. The first kappa shape index (κ1) is 58.0. The van der Waals surface area contributed by atoms with Crippen molar-refractivity contribution in [2.45, 2.75) is 144 Å². The number of esters is 1. The third kappa shape index (κ3) is 12.0. The van der Waals surface area contributed by atoms with Crippen LogP contribution >= 0.6 is 0 Å². The number of amides is 2. The molecule has 0 saturated carbocycles. The van der Waals surface area contributed by atoms with Crippen molar-refractivity contribution >= 4 is 45.7 Å². The number of phenolic OH excluding ortho intramolecular Hbond substituents is 2. The lowest BCUT2D eigenvalue weighted by molar-refractivity contribution is -0.164. The summed E-state index contributed by atoms with van der Waals surface area (Å²) in [4.78, 5) is 71.4. The molecule has 6 N–H and O–H groups in total. The number of ketones is 1. The summed E-state index contributed by atoms with van der Waals surface area (Å²) < 4.78 is 24.7. The van der Waals surface area contributed by atoms with Crippen LogP contribution in [0.15, 0.2) is 70.4 Å². The van der Waals surface area contributed by atoms with Crippen molar-refractivity contribution in [3.05, 3.63) is 87.8 Å². The van der Waals surface area contributed by atoms with Crippen LogP contribution in [0.4, 0.5) is 11.4 Å². The number of ether oxygens (including phenoxy) is 4. The van der Waals surface area contributed by atoms with E-state index in [1.54, 1.807) is 71.9 Å². The molecule has 0 aromatic heterocycles. The molecule has 6 heterocycles. The molecule has 1 spiro atoms.